The van der Waals surface area contributed by atoms with Gasteiger partial charge in [-0.15, -0.1) is 0 Å². The maximum Gasteiger partial charge on any atom is 0.241 e. The van der Waals surface area contributed by atoms with Gasteiger partial charge in [-0.2, -0.15) is 0 Å². The van der Waals surface area contributed by atoms with Crippen LogP contribution in [0.1, 0.15) is 26.2 Å². The quantitative estimate of drug-likeness (QED) is 0.576. The molecule has 0 aromatic rings. The second-order valence-electron chi connectivity index (χ2n) is 3.37. The summed E-state index contributed by atoms with van der Waals surface area (Å²) in [4.78, 5) is 24.0. The van der Waals surface area contributed by atoms with Gasteiger partial charge in [-0.05, 0) is 19.8 Å². The van der Waals surface area contributed by atoms with Crippen LogP contribution < -0.4 is 5.32 Å². The van der Waals surface area contributed by atoms with E-state index in [9.17, 15) is 9.59 Å². The second-order valence-corrected chi connectivity index (χ2v) is 3.37. The molecule has 88 valence electrons. The summed E-state index contributed by atoms with van der Waals surface area (Å²) in [7, 11) is 1.69. The van der Waals surface area contributed by atoms with Gasteiger partial charge in [0, 0.05) is 26.6 Å². The maximum atomic E-state index is 11.3. The van der Waals surface area contributed by atoms with Crippen LogP contribution in [0.25, 0.3) is 0 Å². The number of nitrogens with zero attached hydrogens (tertiary/aromatic N) is 1. The number of carbonyl (C=O) groups excluding carboxylic acids is 2. The van der Waals surface area contributed by atoms with E-state index >= 15 is 0 Å². The van der Waals surface area contributed by atoms with Crippen molar-refractivity contribution in [3.8, 4) is 0 Å². The van der Waals surface area contributed by atoms with Crippen LogP contribution in [-0.4, -0.2) is 48.6 Å². The van der Waals surface area contributed by atoms with Crippen LogP contribution >= 0.6 is 0 Å². The van der Waals surface area contributed by atoms with E-state index in [1.807, 2.05) is 6.92 Å². The number of carbonyl (C=O) groups is 2. The molecule has 0 fully saturated rings. The molecular formula is C10H20N2O3. The summed E-state index contributed by atoms with van der Waals surface area (Å²) < 4.78 is 0. The van der Waals surface area contributed by atoms with Crippen molar-refractivity contribution in [2.24, 2.45) is 0 Å². The number of unbranched alkanes of at least 4 members (excludes halogenated alkanes) is 1. The van der Waals surface area contributed by atoms with E-state index in [4.69, 9.17) is 5.11 Å². The van der Waals surface area contributed by atoms with Crippen molar-refractivity contribution in [3.63, 3.8) is 0 Å². The van der Waals surface area contributed by atoms with Crippen molar-refractivity contribution in [2.75, 3.05) is 26.7 Å². The maximum absolute atomic E-state index is 11.3. The molecule has 0 saturated carbocycles. The zero-order valence-electron chi connectivity index (χ0n) is 9.45. The zero-order valence-corrected chi connectivity index (χ0v) is 9.45. The van der Waals surface area contributed by atoms with E-state index in [0.717, 1.165) is 0 Å². The molecule has 2 N–H and O–H groups in total. The molecular weight excluding hydrogens is 196 g/mol. The lowest BCUT2D eigenvalue weighted by Crippen LogP contribution is -2.37. The van der Waals surface area contributed by atoms with Gasteiger partial charge in [0.2, 0.25) is 11.8 Å². The highest BCUT2D eigenvalue weighted by molar-refractivity contribution is 5.84. The summed E-state index contributed by atoms with van der Waals surface area (Å²) in [5, 5.41) is 11.1. The molecule has 0 aromatic heterocycles. The molecule has 0 saturated heterocycles. The molecule has 15 heavy (non-hydrogen) atoms. The highest BCUT2D eigenvalue weighted by Gasteiger charge is 2.08. The average Bonchev–Trinajstić information content (AvgIpc) is 2.25. The van der Waals surface area contributed by atoms with E-state index < -0.39 is 0 Å². The van der Waals surface area contributed by atoms with Crippen LogP contribution in [-0.2, 0) is 9.59 Å². The predicted octanol–water partition coefficient (Wildman–Crippen LogP) is -0.257. The van der Waals surface area contributed by atoms with Gasteiger partial charge in [0.05, 0.1) is 6.54 Å². The van der Waals surface area contributed by atoms with Gasteiger partial charge in [0.1, 0.15) is 0 Å². The molecule has 0 bridgehead atoms. The highest BCUT2D eigenvalue weighted by atomic mass is 16.3. The zero-order chi connectivity index (χ0) is 11.7. The Balaban J connectivity index is 3.57. The normalized spacial score (nSPS) is 9.80. The minimum Gasteiger partial charge on any atom is -0.396 e. The summed E-state index contributed by atoms with van der Waals surface area (Å²) in [6.45, 7) is 2.67. The van der Waals surface area contributed by atoms with Crippen LogP contribution in [0.3, 0.4) is 0 Å². The fourth-order valence-electron chi connectivity index (χ4n) is 0.971. The number of hydrogen-bond donors (Lipinski definition) is 2. The molecule has 0 unspecified atom stereocenters. The molecule has 5 nitrogen and oxygen atoms in total. The Morgan fingerprint density at radius 2 is 2.00 bits per heavy atom. The Kier molecular flexibility index (Phi) is 7.62. The summed E-state index contributed by atoms with van der Waals surface area (Å²) in [5.74, 6) is -0.227. The Morgan fingerprint density at radius 3 is 2.53 bits per heavy atom. The smallest absolute Gasteiger partial charge is 0.241 e. The minimum absolute atomic E-state index is 0.0578. The van der Waals surface area contributed by atoms with Gasteiger partial charge in [0.15, 0.2) is 0 Å². The van der Waals surface area contributed by atoms with Crippen LogP contribution in [0.15, 0.2) is 0 Å². The third-order valence-corrected chi connectivity index (χ3v) is 2.15. The van der Waals surface area contributed by atoms with E-state index in [1.165, 1.54) is 0 Å². The van der Waals surface area contributed by atoms with Gasteiger partial charge < -0.3 is 15.3 Å². The van der Waals surface area contributed by atoms with E-state index in [1.54, 1.807) is 11.9 Å². The molecule has 0 heterocycles. The average molecular weight is 216 g/mol. The molecule has 0 aromatic carbocycles. The standard InChI is InChI=1S/C10H20N2O3/c1-3-12(2)10(15)8-11-9(14)6-4-5-7-13/h13H,3-8H2,1-2H3,(H,11,14). The summed E-state index contributed by atoms with van der Waals surface area (Å²) in [6, 6.07) is 0. The summed E-state index contributed by atoms with van der Waals surface area (Å²) in [6.07, 6.45) is 1.64. The van der Waals surface area contributed by atoms with Crippen molar-refractivity contribution in [1.82, 2.24) is 10.2 Å². The van der Waals surface area contributed by atoms with Gasteiger partial charge in [-0.25, -0.2) is 0 Å². The third kappa shape index (κ3) is 6.90. The van der Waals surface area contributed by atoms with Crippen molar-refractivity contribution in [3.05, 3.63) is 0 Å². The first-order valence-corrected chi connectivity index (χ1v) is 5.23. The number of aliphatic hydroxyl groups is 1. The molecule has 0 spiro atoms. The van der Waals surface area contributed by atoms with Crippen molar-refractivity contribution >= 4 is 11.8 Å². The predicted molar refractivity (Wildman–Crippen MR) is 57.3 cm³/mol. The highest BCUT2D eigenvalue weighted by Crippen LogP contribution is 1.93. The molecule has 0 rings (SSSR count). The van der Waals surface area contributed by atoms with E-state index in [0.29, 0.717) is 25.8 Å². The van der Waals surface area contributed by atoms with E-state index in [-0.39, 0.29) is 25.0 Å². The van der Waals surface area contributed by atoms with E-state index in [2.05, 4.69) is 5.32 Å². The first-order valence-electron chi connectivity index (χ1n) is 5.23. The van der Waals surface area contributed by atoms with Gasteiger partial charge >= 0.3 is 0 Å². The number of rotatable bonds is 7. The number of aliphatic hydroxyl groups excluding tert-OH is 1. The Morgan fingerprint density at radius 1 is 1.33 bits per heavy atom. The number of hydrogen-bond acceptors (Lipinski definition) is 3. The lowest BCUT2D eigenvalue weighted by Gasteiger charge is -2.14. The van der Waals surface area contributed by atoms with Crippen molar-refractivity contribution in [2.45, 2.75) is 26.2 Å². The monoisotopic (exact) mass is 216 g/mol. The van der Waals surface area contributed by atoms with Crippen molar-refractivity contribution < 1.29 is 14.7 Å². The molecule has 0 aliphatic heterocycles. The minimum atomic E-state index is -0.138. The van der Waals surface area contributed by atoms with Crippen molar-refractivity contribution in [1.29, 1.82) is 0 Å². The molecule has 0 aliphatic carbocycles. The number of nitrogens with one attached hydrogen (secondary N) is 1. The lowest BCUT2D eigenvalue weighted by molar-refractivity contribution is -0.131. The molecule has 0 radical (unpaired) electrons. The van der Waals surface area contributed by atoms with Crippen LogP contribution in [0, 0.1) is 0 Å². The first-order chi connectivity index (χ1) is 7.11. The Bertz CT molecular complexity index is 207. The summed E-state index contributed by atoms with van der Waals surface area (Å²) in [5.41, 5.74) is 0. The Hall–Kier alpha value is -1.10. The van der Waals surface area contributed by atoms with Crippen LogP contribution in [0.2, 0.25) is 0 Å². The van der Waals surface area contributed by atoms with Crippen LogP contribution in [0.5, 0.6) is 0 Å². The largest absolute Gasteiger partial charge is 0.396 e. The number of likely N-dealkylation sites (N-methyl/N-ethyl adjacent to an activating group) is 1. The third-order valence-electron chi connectivity index (χ3n) is 2.15. The molecule has 0 atom stereocenters. The second kappa shape index (κ2) is 8.23. The van der Waals surface area contributed by atoms with Crippen LogP contribution in [0.4, 0.5) is 0 Å². The fraction of sp³-hybridized carbons (Fsp3) is 0.800. The van der Waals surface area contributed by atoms with Gasteiger partial charge in [-0.3, -0.25) is 9.59 Å². The first kappa shape index (κ1) is 13.9. The van der Waals surface area contributed by atoms with Gasteiger partial charge in [0.25, 0.3) is 0 Å². The SMILES string of the molecule is CCN(C)C(=O)CNC(=O)CCCCO. The fourth-order valence-corrected chi connectivity index (χ4v) is 0.971. The molecule has 5 heteroatoms. The number of amides is 2. The topological polar surface area (TPSA) is 69.6 Å². The summed E-state index contributed by atoms with van der Waals surface area (Å²) >= 11 is 0. The Labute approximate surface area is 90.5 Å². The molecule has 2 amide bonds. The molecule has 0 aliphatic rings. The lowest BCUT2D eigenvalue weighted by atomic mass is 10.2. The van der Waals surface area contributed by atoms with Gasteiger partial charge in [-0.1, -0.05) is 0 Å².